The Morgan fingerprint density at radius 2 is 0.450 bits per heavy atom. The van der Waals surface area contributed by atoms with Crippen LogP contribution in [0.25, 0.3) is 0 Å². The summed E-state index contributed by atoms with van der Waals surface area (Å²) in [6.45, 7) is 49.7. The molecule has 1 radical (unpaired) electrons. The maximum Gasteiger partial charge on any atom is 3.00 e. The first-order valence-corrected chi connectivity index (χ1v) is 32.1. The van der Waals surface area contributed by atoms with Crippen molar-refractivity contribution in [2.45, 2.75) is 141 Å². The first kappa shape index (κ1) is 67.5. The maximum atomic E-state index is 6.25. The van der Waals surface area contributed by atoms with Crippen molar-refractivity contribution >= 4 is 59.3 Å². The number of nitrogens with zero attached hydrogens (tertiary/aromatic N) is 6. The van der Waals surface area contributed by atoms with Crippen molar-refractivity contribution in [1.82, 2.24) is 0 Å². The molecule has 0 aromatic heterocycles. The SMILES string of the molecule is CCC[CH2][Sn+]([CH2]C)[CH2]C.CCC[CH2][Sn+]([CH2]C)[CH2]C.CCC[CH2][Sn+]([CH2]C)[CH2]C.[C-]#N.[C-]#N.[C-]#N.[C-]#N.[C-]#N.[C-]#N.[Fe+3]. The molecule has 0 heterocycles. The van der Waals surface area contributed by atoms with Crippen molar-refractivity contribution in [3.05, 3.63) is 39.4 Å². The molecule has 0 aliphatic carbocycles. The van der Waals surface area contributed by atoms with Crippen LogP contribution in [-0.4, -0.2) is 59.3 Å². The summed E-state index contributed by atoms with van der Waals surface area (Å²) in [5.41, 5.74) is 0. The van der Waals surface area contributed by atoms with Crippen LogP contribution in [0, 0.1) is 71.0 Å². The van der Waals surface area contributed by atoms with Gasteiger partial charge in [-0.3, -0.25) is 0 Å². The molecular weight excluding hydrogens is 856 g/mol. The van der Waals surface area contributed by atoms with Gasteiger partial charge < -0.3 is 71.0 Å². The zero-order valence-corrected chi connectivity index (χ0v) is 36.8. The van der Waals surface area contributed by atoms with E-state index in [1.807, 2.05) is 0 Å². The van der Waals surface area contributed by atoms with Crippen molar-refractivity contribution in [1.29, 1.82) is 31.6 Å². The van der Waals surface area contributed by atoms with Gasteiger partial charge in [-0.25, -0.2) is 0 Å². The summed E-state index contributed by atoms with van der Waals surface area (Å²) in [7, 11) is 0. The molecule has 0 unspecified atom stereocenters. The topological polar surface area (TPSA) is 143 Å². The molecule has 0 saturated carbocycles. The maximum absolute atomic E-state index is 6.25. The quantitative estimate of drug-likeness (QED) is 0.118. The zero-order valence-electron chi connectivity index (χ0n) is 27.1. The Kier molecular flexibility index (Phi) is 165. The van der Waals surface area contributed by atoms with Crippen LogP contribution in [0.2, 0.25) is 39.9 Å². The number of unbranched alkanes of at least 4 members (excludes halogenated alkanes) is 3. The van der Waals surface area contributed by atoms with Gasteiger partial charge in [0.2, 0.25) is 0 Å². The first-order valence-electron chi connectivity index (χ1n) is 13.9. The summed E-state index contributed by atoms with van der Waals surface area (Å²) in [4.78, 5) is 0. The second kappa shape index (κ2) is 97.8. The van der Waals surface area contributed by atoms with E-state index in [4.69, 9.17) is 71.0 Å². The van der Waals surface area contributed by atoms with Crippen LogP contribution in [0.4, 0.5) is 0 Å². The van der Waals surface area contributed by atoms with E-state index in [0.29, 0.717) is 0 Å². The minimum atomic E-state index is -0.715. The van der Waals surface area contributed by atoms with Gasteiger partial charge in [0.15, 0.2) is 0 Å². The van der Waals surface area contributed by atoms with E-state index in [1.165, 1.54) is 38.5 Å². The van der Waals surface area contributed by atoms with Gasteiger partial charge in [0.1, 0.15) is 0 Å². The van der Waals surface area contributed by atoms with Crippen molar-refractivity contribution in [3.63, 3.8) is 0 Å². The molecule has 0 saturated heterocycles. The molecule has 0 bridgehead atoms. The average molecular weight is 914 g/mol. The van der Waals surface area contributed by atoms with Crippen molar-refractivity contribution in [3.8, 4) is 0 Å². The molecule has 0 rings (SSSR count). The Morgan fingerprint density at radius 1 is 0.325 bits per heavy atom. The van der Waals surface area contributed by atoms with E-state index in [-0.39, 0.29) is 17.1 Å². The van der Waals surface area contributed by atoms with Gasteiger partial charge >= 0.3 is 217 Å². The molecule has 0 fully saturated rings. The second-order valence-electron chi connectivity index (χ2n) is 7.68. The number of hydrogen-bond acceptors (Lipinski definition) is 6. The predicted octanol–water partition coefficient (Wildman–Crippen LogP) is 10.5. The third kappa shape index (κ3) is 90.4. The van der Waals surface area contributed by atoms with Gasteiger partial charge in [0.05, 0.1) is 0 Å². The van der Waals surface area contributed by atoms with Crippen LogP contribution in [0.3, 0.4) is 0 Å². The molecule has 0 aromatic carbocycles. The smallest absolute Gasteiger partial charge is 0.512 e. The summed E-state index contributed by atoms with van der Waals surface area (Å²) >= 11 is -2.14. The predicted molar refractivity (Wildman–Crippen MR) is 169 cm³/mol. The van der Waals surface area contributed by atoms with Gasteiger partial charge in [0, 0.05) is 0 Å². The Balaban J connectivity index is -0.0000000350. The summed E-state index contributed by atoms with van der Waals surface area (Å²) in [5.74, 6) is 0. The Hall–Kier alpha value is -0.144. The average Bonchev–Trinajstić information content (AvgIpc) is 3.05. The molecule has 40 heavy (non-hydrogen) atoms. The number of rotatable bonds is 15. The fourth-order valence-electron chi connectivity index (χ4n) is 3.09. The summed E-state index contributed by atoms with van der Waals surface area (Å²) < 4.78 is 14.3. The summed E-state index contributed by atoms with van der Waals surface area (Å²) in [5, 5.41) is 37.5. The van der Waals surface area contributed by atoms with E-state index >= 15 is 0 Å². The molecule has 0 aliphatic rings. The Bertz CT molecular complexity index is 373. The van der Waals surface area contributed by atoms with Crippen molar-refractivity contribution < 1.29 is 17.1 Å². The van der Waals surface area contributed by atoms with Crippen LogP contribution in [0.5, 0.6) is 0 Å². The minimum absolute atomic E-state index is 0. The third-order valence-corrected chi connectivity index (χ3v) is 31.9. The van der Waals surface area contributed by atoms with E-state index in [1.54, 1.807) is 39.9 Å². The van der Waals surface area contributed by atoms with Crippen LogP contribution >= 0.6 is 0 Å². The summed E-state index contributed by atoms with van der Waals surface area (Å²) in [6.07, 6.45) is 8.75. The molecule has 227 valence electrons. The molecule has 0 aromatic rings. The largest absolute Gasteiger partial charge is 3.00 e. The molecule has 0 atom stereocenters. The van der Waals surface area contributed by atoms with Gasteiger partial charge in [-0.1, -0.05) is 0 Å². The summed E-state index contributed by atoms with van der Waals surface area (Å²) in [6, 6.07) is 0. The van der Waals surface area contributed by atoms with E-state index in [9.17, 15) is 0 Å². The van der Waals surface area contributed by atoms with Crippen LogP contribution in [0.15, 0.2) is 0 Å². The van der Waals surface area contributed by atoms with Gasteiger partial charge in [0.25, 0.3) is 0 Å². The van der Waals surface area contributed by atoms with E-state index in [0.717, 1.165) is 0 Å². The fourth-order valence-corrected chi connectivity index (χ4v) is 20.7. The third-order valence-electron chi connectivity index (χ3n) is 5.65. The van der Waals surface area contributed by atoms with Crippen LogP contribution < -0.4 is 0 Å². The first-order chi connectivity index (χ1) is 19.0. The molecule has 0 amide bonds. The van der Waals surface area contributed by atoms with Crippen LogP contribution in [-0.2, 0) is 17.1 Å². The molecule has 0 aliphatic heterocycles. The fraction of sp³-hybridized carbons (Fsp3) is 0.800. The molecular formula is C30H57FeN6Sn3. The van der Waals surface area contributed by atoms with Crippen molar-refractivity contribution in [2.24, 2.45) is 0 Å². The molecule has 0 N–H and O–H groups in total. The Labute approximate surface area is 285 Å². The van der Waals surface area contributed by atoms with E-state index < -0.39 is 59.3 Å². The molecule has 10 heteroatoms. The zero-order chi connectivity index (χ0) is 33.3. The second-order valence-corrected chi connectivity index (χ2v) is 36.9. The minimum Gasteiger partial charge on any atom is -0.512 e. The van der Waals surface area contributed by atoms with Crippen LogP contribution in [0.1, 0.15) is 101 Å². The van der Waals surface area contributed by atoms with E-state index in [2.05, 4.69) is 62.3 Å². The molecule has 0 spiro atoms. The number of hydrogen-bond donors (Lipinski definition) is 0. The van der Waals surface area contributed by atoms with Gasteiger partial charge in [-0.2, -0.15) is 0 Å². The Morgan fingerprint density at radius 3 is 0.525 bits per heavy atom. The standard InChI is InChI=1S/3C4H9.6C2H5.6CN.Fe.3Sn/c3*1-3-4-2;12*1-2;;;;/h3*1,3-4H2,2H3;6*1H2,2H3;;;;;;;;;;/q;;;;;;;;;6*-1;+3;3*+1. The van der Waals surface area contributed by atoms with Crippen molar-refractivity contribution in [2.75, 3.05) is 0 Å². The normalized spacial score (nSPS) is 6.83. The van der Waals surface area contributed by atoms with Gasteiger partial charge in [-0.05, 0) is 0 Å². The van der Waals surface area contributed by atoms with Gasteiger partial charge in [-0.15, -0.1) is 0 Å². The molecule has 6 nitrogen and oxygen atoms in total. The monoisotopic (exact) mass is 917 g/mol.